The Balaban J connectivity index is 2.35. The monoisotopic (exact) mass is 172 g/mol. The summed E-state index contributed by atoms with van der Waals surface area (Å²) in [5, 5.41) is 2.77. The van der Waals surface area contributed by atoms with Gasteiger partial charge in [-0.05, 0) is 13.8 Å². The summed E-state index contributed by atoms with van der Waals surface area (Å²) in [7, 11) is 0. The first kappa shape index (κ1) is 9.32. The Morgan fingerprint density at radius 2 is 2.50 bits per heavy atom. The molecule has 0 bridgehead atoms. The van der Waals surface area contributed by atoms with Crippen LogP contribution in [0.3, 0.4) is 0 Å². The Morgan fingerprint density at radius 1 is 1.75 bits per heavy atom. The Morgan fingerprint density at radius 3 is 3.08 bits per heavy atom. The quantitative estimate of drug-likeness (QED) is 0.623. The average molecular weight is 172 g/mol. The molecule has 0 aromatic heterocycles. The van der Waals surface area contributed by atoms with Crippen molar-refractivity contribution in [2.24, 2.45) is 0 Å². The van der Waals surface area contributed by atoms with E-state index < -0.39 is 0 Å². The van der Waals surface area contributed by atoms with Crippen LogP contribution < -0.4 is 5.32 Å². The van der Waals surface area contributed by atoms with E-state index in [1.807, 2.05) is 13.8 Å². The number of nitrogens with zero attached hydrogens (tertiary/aromatic N) is 1. The van der Waals surface area contributed by atoms with E-state index in [0.29, 0.717) is 26.2 Å². The van der Waals surface area contributed by atoms with Gasteiger partial charge in [0.2, 0.25) is 0 Å². The Labute approximate surface area is 72.9 Å². The van der Waals surface area contributed by atoms with Gasteiger partial charge in [0.1, 0.15) is 0 Å². The number of hydrogen-bond donors (Lipinski definition) is 1. The molecule has 0 saturated carbocycles. The van der Waals surface area contributed by atoms with Crippen molar-refractivity contribution < 1.29 is 9.53 Å². The van der Waals surface area contributed by atoms with Crippen LogP contribution in [0.5, 0.6) is 0 Å². The Hall–Kier alpha value is -0.770. The molecule has 1 unspecified atom stereocenters. The molecule has 0 radical (unpaired) electrons. The smallest absolute Gasteiger partial charge is 0.317 e. The fraction of sp³-hybridized carbons (Fsp3) is 0.875. The molecule has 0 aliphatic carbocycles. The maximum Gasteiger partial charge on any atom is 0.317 e. The zero-order chi connectivity index (χ0) is 8.97. The number of carbonyl (C=O) groups excluding carboxylic acids is 1. The molecule has 12 heavy (non-hydrogen) atoms. The Kier molecular flexibility index (Phi) is 3.34. The van der Waals surface area contributed by atoms with Gasteiger partial charge in [-0.3, -0.25) is 0 Å². The van der Waals surface area contributed by atoms with Crippen LogP contribution in [0.25, 0.3) is 0 Å². The molecule has 1 atom stereocenters. The van der Waals surface area contributed by atoms with Crippen LogP contribution in [0.4, 0.5) is 4.79 Å². The number of rotatable bonds is 1. The molecule has 1 aliphatic rings. The number of morpholine rings is 1. The van der Waals surface area contributed by atoms with Gasteiger partial charge in [0.05, 0.1) is 12.7 Å². The van der Waals surface area contributed by atoms with Gasteiger partial charge in [-0.1, -0.05) is 0 Å². The van der Waals surface area contributed by atoms with Crippen LogP contribution in [0.15, 0.2) is 0 Å². The van der Waals surface area contributed by atoms with Crippen molar-refractivity contribution in [3.63, 3.8) is 0 Å². The van der Waals surface area contributed by atoms with Crippen molar-refractivity contribution in [3.05, 3.63) is 0 Å². The SMILES string of the molecule is CCNC(=O)N1CCOC(C)C1. The van der Waals surface area contributed by atoms with Gasteiger partial charge in [0.15, 0.2) is 0 Å². The van der Waals surface area contributed by atoms with Crippen molar-refractivity contribution in [2.75, 3.05) is 26.2 Å². The lowest BCUT2D eigenvalue weighted by molar-refractivity contribution is -0.00338. The molecule has 70 valence electrons. The van der Waals surface area contributed by atoms with Gasteiger partial charge in [-0.2, -0.15) is 0 Å². The average Bonchev–Trinajstić information content (AvgIpc) is 2.05. The van der Waals surface area contributed by atoms with Crippen LogP contribution in [-0.4, -0.2) is 43.3 Å². The molecule has 0 aromatic carbocycles. The van der Waals surface area contributed by atoms with Gasteiger partial charge < -0.3 is 15.0 Å². The molecular formula is C8H16N2O2. The minimum Gasteiger partial charge on any atom is -0.375 e. The summed E-state index contributed by atoms with van der Waals surface area (Å²) in [5.74, 6) is 0. The lowest BCUT2D eigenvalue weighted by Crippen LogP contribution is -2.48. The molecule has 1 N–H and O–H groups in total. The molecular weight excluding hydrogens is 156 g/mol. The largest absolute Gasteiger partial charge is 0.375 e. The maximum atomic E-state index is 11.3. The highest BCUT2D eigenvalue weighted by Gasteiger charge is 2.20. The van der Waals surface area contributed by atoms with Crippen LogP contribution in [0.2, 0.25) is 0 Å². The summed E-state index contributed by atoms with van der Waals surface area (Å²) in [6.45, 7) is 6.64. The zero-order valence-corrected chi connectivity index (χ0v) is 7.67. The second kappa shape index (κ2) is 4.30. The minimum absolute atomic E-state index is 0.0210. The topological polar surface area (TPSA) is 41.6 Å². The molecule has 0 aromatic rings. The normalized spacial score (nSPS) is 23.8. The number of ether oxygens (including phenoxy) is 1. The lowest BCUT2D eigenvalue weighted by Gasteiger charge is -2.30. The summed E-state index contributed by atoms with van der Waals surface area (Å²) in [6.07, 6.45) is 0.168. The number of urea groups is 1. The van der Waals surface area contributed by atoms with Crippen molar-refractivity contribution in [1.29, 1.82) is 0 Å². The third-order valence-electron chi connectivity index (χ3n) is 1.86. The van der Waals surface area contributed by atoms with Gasteiger partial charge in [0.25, 0.3) is 0 Å². The van der Waals surface area contributed by atoms with Crippen molar-refractivity contribution in [1.82, 2.24) is 10.2 Å². The van der Waals surface area contributed by atoms with Crippen LogP contribution in [0, 0.1) is 0 Å². The lowest BCUT2D eigenvalue weighted by atomic mass is 10.3. The van der Waals surface area contributed by atoms with Crippen molar-refractivity contribution in [2.45, 2.75) is 20.0 Å². The van der Waals surface area contributed by atoms with Crippen LogP contribution in [0.1, 0.15) is 13.8 Å². The zero-order valence-electron chi connectivity index (χ0n) is 7.67. The number of nitrogens with one attached hydrogen (secondary N) is 1. The molecule has 2 amide bonds. The molecule has 1 rings (SSSR count). The van der Waals surface area contributed by atoms with Crippen LogP contribution >= 0.6 is 0 Å². The Bertz CT molecular complexity index is 161. The van der Waals surface area contributed by atoms with E-state index >= 15 is 0 Å². The third kappa shape index (κ3) is 2.37. The molecule has 1 saturated heterocycles. The van der Waals surface area contributed by atoms with E-state index in [1.165, 1.54) is 0 Å². The minimum atomic E-state index is 0.0210. The molecule has 1 fully saturated rings. The second-order valence-corrected chi connectivity index (χ2v) is 2.96. The highest BCUT2D eigenvalue weighted by atomic mass is 16.5. The van der Waals surface area contributed by atoms with E-state index in [2.05, 4.69) is 5.32 Å². The van der Waals surface area contributed by atoms with Gasteiger partial charge in [-0.25, -0.2) is 4.79 Å². The summed E-state index contributed by atoms with van der Waals surface area (Å²) in [4.78, 5) is 13.1. The van der Waals surface area contributed by atoms with E-state index in [0.717, 1.165) is 0 Å². The van der Waals surface area contributed by atoms with Crippen molar-refractivity contribution in [3.8, 4) is 0 Å². The summed E-state index contributed by atoms with van der Waals surface area (Å²) < 4.78 is 5.31. The summed E-state index contributed by atoms with van der Waals surface area (Å²) in [6, 6.07) is 0.0210. The van der Waals surface area contributed by atoms with Gasteiger partial charge >= 0.3 is 6.03 Å². The molecule has 4 nitrogen and oxygen atoms in total. The molecule has 1 heterocycles. The second-order valence-electron chi connectivity index (χ2n) is 2.96. The predicted octanol–water partition coefficient (Wildman–Crippen LogP) is 0.437. The van der Waals surface area contributed by atoms with E-state index in [4.69, 9.17) is 4.74 Å². The third-order valence-corrected chi connectivity index (χ3v) is 1.86. The standard InChI is InChI=1S/C8H16N2O2/c1-3-9-8(11)10-4-5-12-7(2)6-10/h7H,3-6H2,1-2H3,(H,9,11). The molecule has 4 heteroatoms. The van der Waals surface area contributed by atoms with Crippen molar-refractivity contribution >= 4 is 6.03 Å². The highest BCUT2D eigenvalue weighted by molar-refractivity contribution is 5.74. The first-order chi connectivity index (χ1) is 5.74. The van der Waals surface area contributed by atoms with E-state index in [9.17, 15) is 4.79 Å². The number of hydrogen-bond acceptors (Lipinski definition) is 2. The van der Waals surface area contributed by atoms with Crippen LogP contribution in [-0.2, 0) is 4.74 Å². The maximum absolute atomic E-state index is 11.3. The molecule has 0 spiro atoms. The van der Waals surface area contributed by atoms with E-state index in [1.54, 1.807) is 4.90 Å². The summed E-state index contributed by atoms with van der Waals surface area (Å²) >= 11 is 0. The molecule has 1 aliphatic heterocycles. The first-order valence-electron chi connectivity index (χ1n) is 4.38. The fourth-order valence-corrected chi connectivity index (χ4v) is 1.27. The summed E-state index contributed by atoms with van der Waals surface area (Å²) in [5.41, 5.74) is 0. The number of carbonyl (C=O) groups is 1. The van der Waals surface area contributed by atoms with Gasteiger partial charge in [0, 0.05) is 19.6 Å². The number of amides is 2. The first-order valence-corrected chi connectivity index (χ1v) is 4.38. The predicted molar refractivity (Wildman–Crippen MR) is 46.1 cm³/mol. The fourth-order valence-electron chi connectivity index (χ4n) is 1.27. The van der Waals surface area contributed by atoms with E-state index in [-0.39, 0.29) is 12.1 Å². The highest BCUT2D eigenvalue weighted by Crippen LogP contribution is 2.03. The van der Waals surface area contributed by atoms with Gasteiger partial charge in [-0.15, -0.1) is 0 Å².